The number of amides is 1. The van der Waals surface area contributed by atoms with Crippen LogP contribution in [0.25, 0.3) is 11.1 Å². The van der Waals surface area contributed by atoms with Crippen LogP contribution in [-0.2, 0) is 14.8 Å². The number of ether oxygens (including phenoxy) is 1. The highest BCUT2D eigenvalue weighted by atomic mass is 32.2. The average molecular weight is 362 g/mol. The summed E-state index contributed by atoms with van der Waals surface area (Å²) in [6, 6.07) is 17.5. The van der Waals surface area contributed by atoms with E-state index in [1.165, 1.54) is 5.48 Å². The highest BCUT2D eigenvalue weighted by Crippen LogP contribution is 2.25. The van der Waals surface area contributed by atoms with Crippen LogP contribution < -0.4 is 10.2 Å². The highest BCUT2D eigenvalue weighted by Gasteiger charge is 2.38. The predicted octanol–water partition coefficient (Wildman–Crippen LogP) is 1.25. The molecule has 0 saturated carbocycles. The topological polar surface area (TPSA) is 95.9 Å². The second kappa shape index (κ2) is 7.22. The molecular formula is C17H18N2O5S. The molecule has 8 heteroatoms. The zero-order valence-corrected chi connectivity index (χ0v) is 14.1. The Bertz CT molecular complexity index is 831. The van der Waals surface area contributed by atoms with Gasteiger partial charge in [-0.25, -0.2) is 13.9 Å². The van der Waals surface area contributed by atoms with E-state index in [0.717, 1.165) is 15.4 Å². The van der Waals surface area contributed by atoms with Gasteiger partial charge in [-0.15, -0.1) is 0 Å². The average Bonchev–Trinajstić information content (AvgIpc) is 2.58. The molecule has 0 spiro atoms. The minimum absolute atomic E-state index is 0.182. The number of hydroxylamine groups is 1. The normalized spacial score (nSPS) is 15.4. The maximum atomic E-state index is 11.9. The van der Waals surface area contributed by atoms with E-state index in [1.807, 2.05) is 54.6 Å². The van der Waals surface area contributed by atoms with Crippen molar-refractivity contribution in [2.45, 2.75) is 6.10 Å². The minimum Gasteiger partial charge on any atom is -0.488 e. The van der Waals surface area contributed by atoms with Crippen LogP contribution in [0.3, 0.4) is 0 Å². The second-order valence-electron chi connectivity index (χ2n) is 5.74. The Hall–Kier alpha value is -2.42. The van der Waals surface area contributed by atoms with Crippen molar-refractivity contribution in [2.24, 2.45) is 0 Å². The van der Waals surface area contributed by atoms with E-state index in [0.29, 0.717) is 5.75 Å². The van der Waals surface area contributed by atoms with E-state index in [2.05, 4.69) is 0 Å². The maximum absolute atomic E-state index is 11.9. The van der Waals surface area contributed by atoms with E-state index in [4.69, 9.17) is 9.94 Å². The Morgan fingerprint density at radius 2 is 1.68 bits per heavy atom. The summed E-state index contributed by atoms with van der Waals surface area (Å²) < 4.78 is 30.7. The first kappa shape index (κ1) is 17.4. The van der Waals surface area contributed by atoms with Gasteiger partial charge in [0.2, 0.25) is 10.0 Å². The lowest BCUT2D eigenvalue weighted by Gasteiger charge is -2.37. The molecule has 2 aromatic rings. The van der Waals surface area contributed by atoms with E-state index in [9.17, 15) is 13.2 Å². The van der Waals surface area contributed by atoms with Gasteiger partial charge in [0.15, 0.2) is 0 Å². The molecule has 0 radical (unpaired) electrons. The number of hydrogen-bond donors (Lipinski definition) is 2. The smallest absolute Gasteiger partial charge is 0.259 e. The molecule has 3 rings (SSSR count). The lowest BCUT2D eigenvalue weighted by Crippen LogP contribution is -2.57. The van der Waals surface area contributed by atoms with E-state index < -0.39 is 21.7 Å². The third-order valence-electron chi connectivity index (χ3n) is 3.91. The van der Waals surface area contributed by atoms with Crippen LogP contribution in [0.5, 0.6) is 5.75 Å². The third kappa shape index (κ3) is 4.16. The van der Waals surface area contributed by atoms with Crippen LogP contribution >= 0.6 is 0 Å². The van der Waals surface area contributed by atoms with Gasteiger partial charge in [0.1, 0.15) is 17.6 Å². The molecule has 0 aliphatic carbocycles. The van der Waals surface area contributed by atoms with Crippen LogP contribution in [0.15, 0.2) is 54.6 Å². The largest absolute Gasteiger partial charge is 0.488 e. The molecule has 0 unspecified atom stereocenters. The van der Waals surface area contributed by atoms with Gasteiger partial charge in [-0.05, 0) is 23.3 Å². The monoisotopic (exact) mass is 362 g/mol. The molecule has 132 valence electrons. The van der Waals surface area contributed by atoms with Crippen LogP contribution in [0.2, 0.25) is 0 Å². The van der Waals surface area contributed by atoms with Crippen LogP contribution in [0, 0.1) is 0 Å². The molecule has 0 bridgehead atoms. The van der Waals surface area contributed by atoms with Gasteiger partial charge < -0.3 is 4.74 Å². The Morgan fingerprint density at radius 1 is 1.08 bits per heavy atom. The van der Waals surface area contributed by atoms with Gasteiger partial charge in [0, 0.05) is 0 Å². The first-order valence-electron chi connectivity index (χ1n) is 7.71. The summed E-state index contributed by atoms with van der Waals surface area (Å²) in [5, 5.41) is 8.41. The fraction of sp³-hybridized carbons (Fsp3) is 0.235. The van der Waals surface area contributed by atoms with Crippen molar-refractivity contribution >= 4 is 15.9 Å². The summed E-state index contributed by atoms with van der Waals surface area (Å²) in [5.74, 6) is -1.07. The molecule has 1 saturated heterocycles. The maximum Gasteiger partial charge on any atom is 0.259 e. The Kier molecular flexibility index (Phi) is 5.03. The molecule has 1 heterocycles. The van der Waals surface area contributed by atoms with Crippen molar-refractivity contribution in [3.8, 4) is 16.9 Å². The minimum atomic E-state index is -3.72. The fourth-order valence-corrected chi connectivity index (χ4v) is 3.91. The molecule has 2 N–H and O–H groups in total. The molecular weight excluding hydrogens is 344 g/mol. The SMILES string of the molecule is O=C(CS(=O)(=O)N1CC(Oc2ccc(-c3ccccc3)cc2)C1)NO. The van der Waals surface area contributed by atoms with E-state index in [1.54, 1.807) is 0 Å². The molecule has 0 atom stereocenters. The molecule has 1 amide bonds. The summed E-state index contributed by atoms with van der Waals surface area (Å²) in [7, 11) is -3.72. The molecule has 1 fully saturated rings. The van der Waals surface area contributed by atoms with Crippen molar-refractivity contribution in [3.63, 3.8) is 0 Å². The number of nitrogens with one attached hydrogen (secondary N) is 1. The molecule has 1 aliphatic heterocycles. The van der Waals surface area contributed by atoms with Crippen LogP contribution in [0.4, 0.5) is 0 Å². The number of nitrogens with zero attached hydrogens (tertiary/aromatic N) is 1. The molecule has 1 aliphatic rings. The molecule has 25 heavy (non-hydrogen) atoms. The number of rotatable bonds is 6. The zero-order chi connectivity index (χ0) is 17.9. The summed E-state index contributed by atoms with van der Waals surface area (Å²) in [6.45, 7) is 0.364. The van der Waals surface area contributed by atoms with Gasteiger partial charge in [-0.2, -0.15) is 4.31 Å². The highest BCUT2D eigenvalue weighted by molar-refractivity contribution is 7.89. The Balaban J connectivity index is 1.54. The number of carbonyl (C=O) groups is 1. The predicted molar refractivity (Wildman–Crippen MR) is 91.6 cm³/mol. The van der Waals surface area contributed by atoms with Crippen molar-refractivity contribution in [2.75, 3.05) is 18.8 Å². The number of benzene rings is 2. The second-order valence-corrected chi connectivity index (χ2v) is 7.71. The van der Waals surface area contributed by atoms with E-state index in [-0.39, 0.29) is 19.2 Å². The van der Waals surface area contributed by atoms with Gasteiger partial charge >= 0.3 is 0 Å². The van der Waals surface area contributed by atoms with Crippen molar-refractivity contribution in [3.05, 3.63) is 54.6 Å². The number of hydrogen-bond acceptors (Lipinski definition) is 5. The van der Waals surface area contributed by atoms with Gasteiger partial charge in [-0.3, -0.25) is 10.0 Å². The molecule has 7 nitrogen and oxygen atoms in total. The summed E-state index contributed by atoms with van der Waals surface area (Å²) >= 11 is 0. The van der Waals surface area contributed by atoms with Crippen LogP contribution in [-0.4, -0.2) is 48.8 Å². The van der Waals surface area contributed by atoms with Crippen molar-refractivity contribution < 1.29 is 23.2 Å². The quantitative estimate of drug-likeness (QED) is 0.596. The van der Waals surface area contributed by atoms with Crippen molar-refractivity contribution in [1.82, 2.24) is 9.79 Å². The van der Waals surface area contributed by atoms with Gasteiger partial charge in [-0.1, -0.05) is 42.5 Å². The standard InChI is InChI=1S/C17H18N2O5S/c20-17(18-21)12-25(22,23)19-10-16(11-19)24-15-8-6-14(7-9-15)13-4-2-1-3-5-13/h1-9,16,21H,10-12H2,(H,18,20). The summed E-state index contributed by atoms with van der Waals surface area (Å²) in [5.41, 5.74) is 3.50. The molecule has 0 aromatic heterocycles. The summed E-state index contributed by atoms with van der Waals surface area (Å²) in [4.78, 5) is 11.0. The third-order valence-corrected chi connectivity index (χ3v) is 5.62. The van der Waals surface area contributed by atoms with Gasteiger partial charge in [0.25, 0.3) is 5.91 Å². The first-order chi connectivity index (χ1) is 12.0. The number of sulfonamides is 1. The fourth-order valence-electron chi connectivity index (χ4n) is 2.54. The first-order valence-corrected chi connectivity index (χ1v) is 9.32. The lowest BCUT2D eigenvalue weighted by molar-refractivity contribution is -0.126. The van der Waals surface area contributed by atoms with Crippen LogP contribution in [0.1, 0.15) is 0 Å². The van der Waals surface area contributed by atoms with Gasteiger partial charge in [0.05, 0.1) is 13.1 Å². The van der Waals surface area contributed by atoms with Crippen molar-refractivity contribution in [1.29, 1.82) is 0 Å². The zero-order valence-electron chi connectivity index (χ0n) is 13.3. The summed E-state index contributed by atoms with van der Waals surface area (Å²) in [6.07, 6.45) is -0.255. The molecule has 2 aromatic carbocycles. The lowest BCUT2D eigenvalue weighted by atomic mass is 10.1. The Morgan fingerprint density at radius 3 is 2.28 bits per heavy atom. The van der Waals surface area contributed by atoms with E-state index >= 15 is 0 Å². The number of carbonyl (C=O) groups excluding carboxylic acids is 1. The Labute approximate surface area is 145 Å².